The Morgan fingerprint density at radius 3 is 2.95 bits per heavy atom. The summed E-state index contributed by atoms with van der Waals surface area (Å²) in [7, 11) is 0. The summed E-state index contributed by atoms with van der Waals surface area (Å²) < 4.78 is 15.6. The predicted molar refractivity (Wildman–Crippen MR) is 76.9 cm³/mol. The molecular weight excluding hydrogens is 343 g/mol. The molecule has 6 nitrogen and oxygen atoms in total. The second-order valence-electron chi connectivity index (χ2n) is 4.68. The van der Waals surface area contributed by atoms with Gasteiger partial charge in [0.15, 0.2) is 5.82 Å². The van der Waals surface area contributed by atoms with Gasteiger partial charge in [-0.2, -0.15) is 0 Å². The monoisotopic (exact) mass is 356 g/mol. The molecule has 2 rings (SSSR count). The van der Waals surface area contributed by atoms with Gasteiger partial charge >= 0.3 is 5.97 Å². The molecule has 1 atom stereocenters. The zero-order chi connectivity index (χ0) is 15.4. The van der Waals surface area contributed by atoms with Crippen molar-refractivity contribution in [1.82, 2.24) is 20.2 Å². The van der Waals surface area contributed by atoms with Crippen LogP contribution in [0.1, 0.15) is 19.8 Å². The molecule has 0 bridgehead atoms. The maximum Gasteiger partial charge on any atom is 0.303 e. The van der Waals surface area contributed by atoms with Crippen LogP contribution in [0.15, 0.2) is 22.7 Å². The number of hydrogen-bond acceptors (Lipinski definition) is 4. The number of tetrazole rings is 1. The highest BCUT2D eigenvalue weighted by atomic mass is 79.9. The molecule has 0 aliphatic carbocycles. The number of aliphatic carboxylic acids is 1. The Morgan fingerprint density at radius 1 is 1.52 bits per heavy atom. The van der Waals surface area contributed by atoms with Gasteiger partial charge in [0.1, 0.15) is 5.82 Å². The average molecular weight is 357 g/mol. The van der Waals surface area contributed by atoms with Crippen LogP contribution in [0.5, 0.6) is 0 Å². The number of carboxylic acid groups (broad SMARTS) is 1. The molecule has 0 aliphatic rings. The standard InChI is InChI=1S/C13H14BrFN4O2/c1-2-8(5-12(20)21)7-19-13(16-17-18-19)10-6-9(15)3-4-11(10)14/h3-4,6,8H,2,5,7H2,1H3,(H,20,21). The van der Waals surface area contributed by atoms with Crippen LogP contribution in [0.4, 0.5) is 4.39 Å². The lowest BCUT2D eigenvalue weighted by molar-refractivity contribution is -0.138. The molecule has 8 heteroatoms. The number of benzene rings is 1. The third kappa shape index (κ3) is 3.84. The van der Waals surface area contributed by atoms with Crippen molar-refractivity contribution in [2.75, 3.05) is 0 Å². The Hall–Kier alpha value is -1.83. The topological polar surface area (TPSA) is 80.9 Å². The van der Waals surface area contributed by atoms with Gasteiger partial charge in [0, 0.05) is 23.0 Å². The summed E-state index contributed by atoms with van der Waals surface area (Å²) in [5.41, 5.74) is 0.533. The molecule has 21 heavy (non-hydrogen) atoms. The first-order valence-corrected chi connectivity index (χ1v) is 7.24. The molecule has 2 aromatic rings. The van der Waals surface area contributed by atoms with E-state index in [1.54, 1.807) is 6.07 Å². The minimum absolute atomic E-state index is 0.0418. The summed E-state index contributed by atoms with van der Waals surface area (Å²) in [4.78, 5) is 10.8. The van der Waals surface area contributed by atoms with E-state index < -0.39 is 5.97 Å². The van der Waals surface area contributed by atoms with Crippen LogP contribution in [-0.4, -0.2) is 31.3 Å². The van der Waals surface area contributed by atoms with Gasteiger partial charge in [0.05, 0.1) is 0 Å². The van der Waals surface area contributed by atoms with Gasteiger partial charge in [-0.3, -0.25) is 4.79 Å². The number of aromatic nitrogens is 4. The van der Waals surface area contributed by atoms with E-state index >= 15 is 0 Å². The second kappa shape index (κ2) is 6.75. The Labute approximate surface area is 129 Å². The molecule has 0 amide bonds. The average Bonchev–Trinajstić information content (AvgIpc) is 2.88. The molecule has 1 N–H and O–H groups in total. The molecule has 0 aliphatic heterocycles. The van der Waals surface area contributed by atoms with Gasteiger partial charge in [-0.15, -0.1) is 5.10 Å². The molecular formula is C13H14BrFN4O2. The second-order valence-corrected chi connectivity index (χ2v) is 5.54. The van der Waals surface area contributed by atoms with Gasteiger partial charge in [0.25, 0.3) is 0 Å². The number of hydrogen-bond donors (Lipinski definition) is 1. The van der Waals surface area contributed by atoms with E-state index in [1.807, 2.05) is 6.92 Å². The van der Waals surface area contributed by atoms with Gasteiger partial charge in [-0.25, -0.2) is 9.07 Å². The lowest BCUT2D eigenvalue weighted by atomic mass is 10.0. The summed E-state index contributed by atoms with van der Waals surface area (Å²) >= 11 is 3.34. The normalized spacial score (nSPS) is 12.3. The Morgan fingerprint density at radius 2 is 2.29 bits per heavy atom. The smallest absolute Gasteiger partial charge is 0.303 e. The Kier molecular flexibility index (Phi) is 5.00. The van der Waals surface area contributed by atoms with E-state index in [0.717, 1.165) is 0 Å². The number of rotatable bonds is 6. The molecule has 1 aromatic carbocycles. The minimum Gasteiger partial charge on any atom is -0.481 e. The van der Waals surface area contributed by atoms with Gasteiger partial charge in [0.2, 0.25) is 0 Å². The van der Waals surface area contributed by atoms with Crippen LogP contribution in [0, 0.1) is 11.7 Å². The molecule has 0 spiro atoms. The molecule has 1 unspecified atom stereocenters. The largest absolute Gasteiger partial charge is 0.481 e. The summed E-state index contributed by atoms with van der Waals surface area (Å²) in [6.45, 7) is 2.28. The van der Waals surface area contributed by atoms with Gasteiger partial charge in [-0.1, -0.05) is 29.3 Å². The molecule has 112 valence electrons. The molecule has 0 saturated carbocycles. The van der Waals surface area contributed by atoms with E-state index in [0.29, 0.717) is 28.8 Å². The maximum atomic E-state index is 13.4. The summed E-state index contributed by atoms with van der Waals surface area (Å²) in [5.74, 6) is -0.925. The SMILES string of the molecule is CCC(CC(=O)O)Cn1nnnc1-c1cc(F)ccc1Br. The van der Waals surface area contributed by atoms with Crippen molar-refractivity contribution < 1.29 is 14.3 Å². The maximum absolute atomic E-state index is 13.4. The van der Waals surface area contributed by atoms with Crippen LogP contribution < -0.4 is 0 Å². The Balaban J connectivity index is 2.30. The van der Waals surface area contributed by atoms with Crippen LogP contribution in [-0.2, 0) is 11.3 Å². The van der Waals surface area contributed by atoms with Crippen molar-refractivity contribution >= 4 is 21.9 Å². The quantitative estimate of drug-likeness (QED) is 0.860. The first kappa shape index (κ1) is 15.6. The summed E-state index contributed by atoms with van der Waals surface area (Å²) in [5, 5.41) is 20.3. The molecule has 1 aromatic heterocycles. The first-order valence-electron chi connectivity index (χ1n) is 6.44. The highest BCUT2D eigenvalue weighted by Gasteiger charge is 2.18. The lowest BCUT2D eigenvalue weighted by Gasteiger charge is -2.13. The number of nitrogens with zero attached hydrogens (tertiary/aromatic N) is 4. The van der Waals surface area contributed by atoms with E-state index in [1.165, 1.54) is 16.8 Å². The van der Waals surface area contributed by atoms with Gasteiger partial charge < -0.3 is 5.11 Å². The third-order valence-corrected chi connectivity index (χ3v) is 3.86. The number of carboxylic acids is 1. The lowest BCUT2D eigenvalue weighted by Crippen LogP contribution is -2.16. The fourth-order valence-corrected chi connectivity index (χ4v) is 2.44. The third-order valence-electron chi connectivity index (χ3n) is 3.17. The molecule has 0 fully saturated rings. The van der Waals surface area contributed by atoms with Crippen molar-refractivity contribution in [2.24, 2.45) is 5.92 Å². The van der Waals surface area contributed by atoms with Gasteiger partial charge in [-0.05, 0) is 34.5 Å². The van der Waals surface area contributed by atoms with Crippen LogP contribution in [0.2, 0.25) is 0 Å². The Bertz CT molecular complexity index is 647. The van der Waals surface area contributed by atoms with Crippen molar-refractivity contribution in [3.8, 4) is 11.4 Å². The predicted octanol–water partition coefficient (Wildman–Crippen LogP) is 2.74. The van der Waals surface area contributed by atoms with Crippen molar-refractivity contribution in [1.29, 1.82) is 0 Å². The van der Waals surface area contributed by atoms with Crippen LogP contribution >= 0.6 is 15.9 Å². The van der Waals surface area contributed by atoms with E-state index in [9.17, 15) is 9.18 Å². The molecule has 0 saturated heterocycles. The fraction of sp³-hybridized carbons (Fsp3) is 0.385. The van der Waals surface area contributed by atoms with E-state index in [2.05, 4.69) is 31.5 Å². The first-order chi connectivity index (χ1) is 10.0. The number of carbonyl (C=O) groups is 1. The highest BCUT2D eigenvalue weighted by molar-refractivity contribution is 9.10. The fourth-order valence-electron chi connectivity index (χ4n) is 2.02. The van der Waals surface area contributed by atoms with Crippen LogP contribution in [0.25, 0.3) is 11.4 Å². The molecule has 1 heterocycles. The zero-order valence-electron chi connectivity index (χ0n) is 11.3. The van der Waals surface area contributed by atoms with Crippen molar-refractivity contribution in [3.63, 3.8) is 0 Å². The summed E-state index contributed by atoms with van der Waals surface area (Å²) in [6.07, 6.45) is 0.732. The zero-order valence-corrected chi connectivity index (χ0v) is 12.9. The van der Waals surface area contributed by atoms with E-state index in [-0.39, 0.29) is 18.2 Å². The minimum atomic E-state index is -0.858. The number of halogens is 2. The highest BCUT2D eigenvalue weighted by Crippen LogP contribution is 2.27. The van der Waals surface area contributed by atoms with Crippen LogP contribution in [0.3, 0.4) is 0 Å². The van der Waals surface area contributed by atoms with Crippen molar-refractivity contribution in [2.45, 2.75) is 26.3 Å². The summed E-state index contributed by atoms with van der Waals surface area (Å²) in [6, 6.07) is 4.25. The van der Waals surface area contributed by atoms with Crippen molar-refractivity contribution in [3.05, 3.63) is 28.5 Å². The molecule has 0 radical (unpaired) electrons. The van der Waals surface area contributed by atoms with E-state index in [4.69, 9.17) is 5.11 Å².